The maximum Gasteiger partial charge on any atom is 0.118 e. The Balaban J connectivity index is 1.43. The lowest BCUT2D eigenvalue weighted by molar-refractivity contribution is 0.414. The third kappa shape index (κ3) is 3.20. The average molecular weight is 267 g/mol. The minimum absolute atomic E-state index is 0.763. The Morgan fingerprint density at radius 1 is 1.05 bits per heavy atom. The first-order chi connectivity index (χ1) is 9.86. The highest BCUT2D eigenvalue weighted by Crippen LogP contribution is 2.46. The van der Waals surface area contributed by atoms with Gasteiger partial charge in [0.05, 0.1) is 7.11 Å². The fraction of sp³-hybridized carbons (Fsp3) is 0.333. The molecule has 1 aliphatic carbocycles. The van der Waals surface area contributed by atoms with Crippen molar-refractivity contribution in [3.8, 4) is 5.75 Å². The van der Waals surface area contributed by atoms with Crippen LogP contribution in [-0.4, -0.2) is 13.7 Å². The lowest BCUT2D eigenvalue weighted by Gasteiger charge is -2.06. The highest BCUT2D eigenvalue weighted by atomic mass is 16.5. The molecule has 0 heterocycles. The van der Waals surface area contributed by atoms with Crippen LogP contribution < -0.4 is 10.1 Å². The van der Waals surface area contributed by atoms with E-state index >= 15 is 0 Å². The largest absolute Gasteiger partial charge is 0.497 e. The van der Waals surface area contributed by atoms with Gasteiger partial charge >= 0.3 is 0 Å². The van der Waals surface area contributed by atoms with Crippen LogP contribution in [0.5, 0.6) is 5.75 Å². The molecule has 20 heavy (non-hydrogen) atoms. The van der Waals surface area contributed by atoms with Crippen LogP contribution in [0.15, 0.2) is 54.6 Å². The van der Waals surface area contributed by atoms with Crippen LogP contribution in [0.4, 0.5) is 0 Å². The van der Waals surface area contributed by atoms with Crippen molar-refractivity contribution in [2.75, 3.05) is 13.7 Å². The minimum Gasteiger partial charge on any atom is -0.497 e. The third-order valence-corrected chi connectivity index (χ3v) is 4.05. The number of hydrogen-bond donors (Lipinski definition) is 1. The summed E-state index contributed by atoms with van der Waals surface area (Å²) in [5.41, 5.74) is 2.80. The lowest BCUT2D eigenvalue weighted by Crippen LogP contribution is -2.16. The number of ether oxygens (including phenoxy) is 1. The van der Waals surface area contributed by atoms with Gasteiger partial charge in [-0.1, -0.05) is 42.5 Å². The van der Waals surface area contributed by atoms with Crippen LogP contribution in [0.3, 0.4) is 0 Å². The van der Waals surface area contributed by atoms with E-state index in [1.165, 1.54) is 17.5 Å². The molecule has 3 rings (SSSR count). The second kappa shape index (κ2) is 6.10. The SMILES string of the molecule is COc1ccc(CNC[C@H]2C[C@@H]2c2ccccc2)cc1. The molecule has 0 spiro atoms. The number of hydrogen-bond acceptors (Lipinski definition) is 2. The first-order valence-electron chi connectivity index (χ1n) is 7.25. The first kappa shape index (κ1) is 13.2. The second-order valence-corrected chi connectivity index (χ2v) is 5.49. The summed E-state index contributed by atoms with van der Waals surface area (Å²) < 4.78 is 5.16. The van der Waals surface area contributed by atoms with Crippen molar-refractivity contribution < 1.29 is 4.74 Å². The summed E-state index contributed by atoms with van der Waals surface area (Å²) in [5.74, 6) is 2.48. The van der Waals surface area contributed by atoms with Gasteiger partial charge < -0.3 is 10.1 Å². The monoisotopic (exact) mass is 267 g/mol. The topological polar surface area (TPSA) is 21.3 Å². The van der Waals surface area contributed by atoms with Gasteiger partial charge in [-0.05, 0) is 48.1 Å². The standard InChI is InChI=1S/C18H21NO/c1-20-17-9-7-14(8-10-17)12-19-13-16-11-18(16)15-5-3-2-4-6-15/h2-10,16,18-19H,11-13H2,1H3/t16-,18-/m1/s1. The van der Waals surface area contributed by atoms with Gasteiger partial charge in [-0.2, -0.15) is 0 Å². The Morgan fingerprint density at radius 2 is 1.80 bits per heavy atom. The van der Waals surface area contributed by atoms with Gasteiger partial charge in [-0.15, -0.1) is 0 Å². The fourth-order valence-electron chi connectivity index (χ4n) is 2.73. The Bertz CT molecular complexity index is 535. The van der Waals surface area contributed by atoms with E-state index in [0.717, 1.165) is 30.7 Å². The Hall–Kier alpha value is -1.80. The molecule has 2 aromatic carbocycles. The predicted octanol–water partition coefficient (Wildman–Crippen LogP) is 3.59. The van der Waals surface area contributed by atoms with E-state index in [2.05, 4.69) is 47.8 Å². The van der Waals surface area contributed by atoms with Crippen molar-refractivity contribution in [1.82, 2.24) is 5.32 Å². The Kier molecular flexibility index (Phi) is 4.03. The molecule has 0 aromatic heterocycles. The lowest BCUT2D eigenvalue weighted by atomic mass is 10.1. The van der Waals surface area contributed by atoms with Crippen LogP contribution in [0.25, 0.3) is 0 Å². The van der Waals surface area contributed by atoms with Gasteiger partial charge in [0.2, 0.25) is 0 Å². The quantitative estimate of drug-likeness (QED) is 0.863. The van der Waals surface area contributed by atoms with E-state index < -0.39 is 0 Å². The van der Waals surface area contributed by atoms with E-state index in [9.17, 15) is 0 Å². The van der Waals surface area contributed by atoms with Crippen molar-refractivity contribution in [3.63, 3.8) is 0 Å². The van der Waals surface area contributed by atoms with E-state index in [1.807, 2.05) is 12.1 Å². The van der Waals surface area contributed by atoms with Crippen molar-refractivity contribution in [1.29, 1.82) is 0 Å². The van der Waals surface area contributed by atoms with Gasteiger partial charge in [0, 0.05) is 6.54 Å². The number of rotatable bonds is 6. The van der Waals surface area contributed by atoms with Crippen LogP contribution in [-0.2, 0) is 6.54 Å². The zero-order valence-electron chi connectivity index (χ0n) is 11.9. The van der Waals surface area contributed by atoms with E-state index in [4.69, 9.17) is 4.74 Å². The molecule has 0 aliphatic heterocycles. The number of nitrogens with one attached hydrogen (secondary N) is 1. The highest BCUT2D eigenvalue weighted by molar-refractivity contribution is 5.27. The van der Waals surface area contributed by atoms with Gasteiger partial charge in [0.15, 0.2) is 0 Å². The first-order valence-corrected chi connectivity index (χ1v) is 7.25. The summed E-state index contributed by atoms with van der Waals surface area (Å²) in [6.07, 6.45) is 1.32. The van der Waals surface area contributed by atoms with Gasteiger partial charge in [0.1, 0.15) is 5.75 Å². The summed E-state index contributed by atoms with van der Waals surface area (Å²) in [7, 11) is 1.70. The third-order valence-electron chi connectivity index (χ3n) is 4.05. The molecule has 2 aromatic rings. The molecule has 1 fully saturated rings. The zero-order chi connectivity index (χ0) is 13.8. The fourth-order valence-corrected chi connectivity index (χ4v) is 2.73. The summed E-state index contributed by atoms with van der Waals surface area (Å²) in [6, 6.07) is 19.1. The van der Waals surface area contributed by atoms with Crippen LogP contribution in [0, 0.1) is 5.92 Å². The molecule has 1 aliphatic rings. The van der Waals surface area contributed by atoms with Gasteiger partial charge in [-0.25, -0.2) is 0 Å². The van der Waals surface area contributed by atoms with Crippen molar-refractivity contribution in [3.05, 3.63) is 65.7 Å². The van der Waals surface area contributed by atoms with E-state index in [-0.39, 0.29) is 0 Å². The molecule has 0 radical (unpaired) electrons. The molecule has 0 amide bonds. The molecule has 2 atom stereocenters. The smallest absolute Gasteiger partial charge is 0.118 e. The molecule has 0 unspecified atom stereocenters. The minimum atomic E-state index is 0.763. The van der Waals surface area contributed by atoms with E-state index in [0.29, 0.717) is 0 Å². The predicted molar refractivity (Wildman–Crippen MR) is 82.0 cm³/mol. The highest BCUT2D eigenvalue weighted by Gasteiger charge is 2.37. The Labute approximate surface area is 120 Å². The molecule has 1 saturated carbocycles. The maximum absolute atomic E-state index is 5.16. The molecular formula is C18H21NO. The average Bonchev–Trinajstić information content (AvgIpc) is 3.28. The van der Waals surface area contributed by atoms with E-state index in [1.54, 1.807) is 7.11 Å². The summed E-state index contributed by atoms with van der Waals surface area (Å²) >= 11 is 0. The van der Waals surface area contributed by atoms with Crippen molar-refractivity contribution in [2.24, 2.45) is 5.92 Å². The van der Waals surface area contributed by atoms with Gasteiger partial charge in [-0.3, -0.25) is 0 Å². The molecule has 1 N–H and O–H groups in total. The zero-order valence-corrected chi connectivity index (χ0v) is 11.9. The molecule has 2 heteroatoms. The molecule has 104 valence electrons. The summed E-state index contributed by atoms with van der Waals surface area (Å²) in [6.45, 7) is 2.04. The molecular weight excluding hydrogens is 246 g/mol. The summed E-state index contributed by atoms with van der Waals surface area (Å²) in [4.78, 5) is 0. The van der Waals surface area contributed by atoms with Crippen LogP contribution in [0.1, 0.15) is 23.5 Å². The molecule has 0 saturated heterocycles. The van der Waals surface area contributed by atoms with Gasteiger partial charge in [0.25, 0.3) is 0 Å². The Morgan fingerprint density at radius 3 is 2.50 bits per heavy atom. The molecule has 0 bridgehead atoms. The summed E-state index contributed by atoms with van der Waals surface area (Å²) in [5, 5.41) is 3.56. The van der Waals surface area contributed by atoms with Crippen molar-refractivity contribution in [2.45, 2.75) is 18.9 Å². The van der Waals surface area contributed by atoms with Crippen LogP contribution >= 0.6 is 0 Å². The second-order valence-electron chi connectivity index (χ2n) is 5.49. The number of benzene rings is 2. The van der Waals surface area contributed by atoms with Crippen LogP contribution in [0.2, 0.25) is 0 Å². The maximum atomic E-state index is 5.16. The van der Waals surface area contributed by atoms with Crippen molar-refractivity contribution >= 4 is 0 Å². The number of methoxy groups -OCH3 is 1. The normalized spacial score (nSPS) is 20.6. The molecule has 2 nitrogen and oxygen atoms in total.